The molecule has 3 nitrogen and oxygen atoms in total. The summed E-state index contributed by atoms with van der Waals surface area (Å²) >= 11 is 3.49. The highest BCUT2D eigenvalue weighted by Crippen LogP contribution is 2.31. The summed E-state index contributed by atoms with van der Waals surface area (Å²) in [5, 5.41) is 12.6. The topological polar surface area (TPSA) is 58.3 Å². The molecule has 1 aromatic carbocycles. The Hall–Kier alpha value is -0.740. The van der Waals surface area contributed by atoms with Gasteiger partial charge < -0.3 is 16.2 Å². The lowest BCUT2D eigenvalue weighted by Gasteiger charge is -2.31. The second-order valence-corrected chi connectivity index (χ2v) is 5.42. The van der Waals surface area contributed by atoms with Gasteiger partial charge >= 0.3 is 0 Å². The van der Waals surface area contributed by atoms with Crippen LogP contribution in [0.1, 0.15) is 18.4 Å². The smallest absolute Gasteiger partial charge is 0.0546 e. The minimum Gasteiger partial charge on any atom is -0.398 e. The number of hydrogen-bond acceptors (Lipinski definition) is 3. The SMILES string of the molecule is Cc1cc(NCC2CC(O)C2)c(Br)cc1N. The number of rotatable bonds is 3. The molecule has 88 valence electrons. The summed E-state index contributed by atoms with van der Waals surface area (Å²) in [6.45, 7) is 2.92. The maximum atomic E-state index is 9.20. The molecule has 1 fully saturated rings. The number of aliphatic hydroxyl groups is 1. The third kappa shape index (κ3) is 2.50. The van der Waals surface area contributed by atoms with E-state index in [4.69, 9.17) is 5.73 Å². The molecule has 0 spiro atoms. The van der Waals surface area contributed by atoms with Crippen LogP contribution in [0.4, 0.5) is 11.4 Å². The highest BCUT2D eigenvalue weighted by atomic mass is 79.9. The van der Waals surface area contributed by atoms with Crippen molar-refractivity contribution in [2.45, 2.75) is 25.9 Å². The Morgan fingerprint density at radius 1 is 1.50 bits per heavy atom. The molecule has 0 saturated heterocycles. The van der Waals surface area contributed by atoms with E-state index < -0.39 is 0 Å². The van der Waals surface area contributed by atoms with Crippen molar-refractivity contribution in [1.29, 1.82) is 0 Å². The molecule has 0 bridgehead atoms. The fourth-order valence-electron chi connectivity index (χ4n) is 1.95. The summed E-state index contributed by atoms with van der Waals surface area (Å²) in [5.74, 6) is 0.597. The average molecular weight is 285 g/mol. The zero-order chi connectivity index (χ0) is 11.7. The van der Waals surface area contributed by atoms with E-state index in [0.717, 1.165) is 40.8 Å². The van der Waals surface area contributed by atoms with Crippen molar-refractivity contribution in [2.75, 3.05) is 17.6 Å². The zero-order valence-corrected chi connectivity index (χ0v) is 10.9. The number of hydrogen-bond donors (Lipinski definition) is 3. The highest BCUT2D eigenvalue weighted by Gasteiger charge is 2.26. The lowest BCUT2D eigenvalue weighted by Crippen LogP contribution is -2.33. The molecule has 0 radical (unpaired) electrons. The predicted octanol–water partition coefficient (Wildman–Crippen LogP) is 2.52. The van der Waals surface area contributed by atoms with Crippen LogP contribution in [0.5, 0.6) is 0 Å². The van der Waals surface area contributed by atoms with Crippen molar-refractivity contribution in [3.63, 3.8) is 0 Å². The molecule has 4 heteroatoms. The van der Waals surface area contributed by atoms with Gasteiger partial charge in [-0.15, -0.1) is 0 Å². The van der Waals surface area contributed by atoms with Crippen LogP contribution < -0.4 is 11.1 Å². The predicted molar refractivity (Wildman–Crippen MR) is 70.5 cm³/mol. The largest absolute Gasteiger partial charge is 0.398 e. The van der Waals surface area contributed by atoms with Gasteiger partial charge in [-0.2, -0.15) is 0 Å². The second-order valence-electron chi connectivity index (χ2n) is 4.56. The first-order valence-electron chi connectivity index (χ1n) is 5.54. The molecule has 0 aromatic heterocycles. The summed E-state index contributed by atoms with van der Waals surface area (Å²) in [4.78, 5) is 0. The third-order valence-corrected chi connectivity index (χ3v) is 3.80. The van der Waals surface area contributed by atoms with Crippen LogP contribution in [0.3, 0.4) is 0 Å². The van der Waals surface area contributed by atoms with Crippen LogP contribution in [0, 0.1) is 12.8 Å². The number of aliphatic hydroxyl groups excluding tert-OH is 1. The monoisotopic (exact) mass is 284 g/mol. The average Bonchev–Trinajstić information content (AvgIpc) is 2.18. The Bertz CT molecular complexity index is 389. The normalized spacial score (nSPS) is 23.9. The molecule has 1 saturated carbocycles. The summed E-state index contributed by atoms with van der Waals surface area (Å²) in [7, 11) is 0. The lowest BCUT2D eigenvalue weighted by atomic mass is 9.82. The number of aryl methyl sites for hydroxylation is 1. The molecule has 16 heavy (non-hydrogen) atoms. The summed E-state index contributed by atoms with van der Waals surface area (Å²) in [5.41, 5.74) is 8.77. The zero-order valence-electron chi connectivity index (χ0n) is 9.33. The lowest BCUT2D eigenvalue weighted by molar-refractivity contribution is 0.0487. The van der Waals surface area contributed by atoms with E-state index in [9.17, 15) is 5.11 Å². The minimum absolute atomic E-state index is 0.0802. The van der Waals surface area contributed by atoms with Gasteiger partial charge in [0.1, 0.15) is 0 Å². The molecule has 0 atom stereocenters. The van der Waals surface area contributed by atoms with Crippen molar-refractivity contribution < 1.29 is 5.11 Å². The number of nitrogens with two attached hydrogens (primary N) is 1. The number of anilines is 2. The van der Waals surface area contributed by atoms with E-state index in [1.54, 1.807) is 0 Å². The molecule has 1 aliphatic carbocycles. The molecular formula is C12H17BrN2O. The maximum Gasteiger partial charge on any atom is 0.0546 e. The van der Waals surface area contributed by atoms with Gasteiger partial charge in [0.15, 0.2) is 0 Å². The number of halogens is 1. The maximum absolute atomic E-state index is 9.20. The van der Waals surface area contributed by atoms with Crippen molar-refractivity contribution >= 4 is 27.3 Å². The summed E-state index contributed by atoms with van der Waals surface area (Å²) < 4.78 is 0.996. The van der Waals surface area contributed by atoms with Crippen LogP contribution in [-0.4, -0.2) is 17.8 Å². The fraction of sp³-hybridized carbons (Fsp3) is 0.500. The van der Waals surface area contributed by atoms with Gasteiger partial charge in [0.25, 0.3) is 0 Å². The van der Waals surface area contributed by atoms with Crippen LogP contribution >= 0.6 is 15.9 Å². The first-order valence-corrected chi connectivity index (χ1v) is 6.33. The van der Waals surface area contributed by atoms with Gasteiger partial charge in [-0.05, 0) is 59.3 Å². The van der Waals surface area contributed by atoms with Crippen molar-refractivity contribution in [3.05, 3.63) is 22.2 Å². The molecule has 0 heterocycles. The van der Waals surface area contributed by atoms with Gasteiger partial charge in [0.2, 0.25) is 0 Å². The fourth-order valence-corrected chi connectivity index (χ4v) is 2.46. The van der Waals surface area contributed by atoms with Gasteiger partial charge in [0, 0.05) is 22.4 Å². The van der Waals surface area contributed by atoms with E-state index in [0.29, 0.717) is 5.92 Å². The van der Waals surface area contributed by atoms with E-state index in [-0.39, 0.29) is 6.10 Å². The summed E-state index contributed by atoms with van der Waals surface area (Å²) in [6.07, 6.45) is 1.75. The molecule has 2 rings (SSSR count). The Morgan fingerprint density at radius 3 is 2.81 bits per heavy atom. The molecule has 0 unspecified atom stereocenters. The molecule has 0 amide bonds. The Labute approximate surface area is 104 Å². The van der Waals surface area contributed by atoms with Crippen LogP contribution in [0.25, 0.3) is 0 Å². The number of nitrogen functional groups attached to an aromatic ring is 1. The number of nitrogens with one attached hydrogen (secondary N) is 1. The molecular weight excluding hydrogens is 268 g/mol. The van der Waals surface area contributed by atoms with Gasteiger partial charge in [0.05, 0.1) is 6.10 Å². The molecule has 1 aliphatic rings. The highest BCUT2D eigenvalue weighted by molar-refractivity contribution is 9.10. The Kier molecular flexibility index (Phi) is 3.40. The van der Waals surface area contributed by atoms with E-state index in [2.05, 4.69) is 27.3 Å². The van der Waals surface area contributed by atoms with E-state index in [1.165, 1.54) is 0 Å². The Balaban J connectivity index is 1.96. The van der Waals surface area contributed by atoms with E-state index in [1.807, 2.05) is 13.0 Å². The molecule has 1 aromatic rings. The van der Waals surface area contributed by atoms with Crippen LogP contribution in [0.2, 0.25) is 0 Å². The van der Waals surface area contributed by atoms with Gasteiger partial charge in [-0.1, -0.05) is 0 Å². The van der Waals surface area contributed by atoms with Crippen LogP contribution in [-0.2, 0) is 0 Å². The van der Waals surface area contributed by atoms with Crippen LogP contribution in [0.15, 0.2) is 16.6 Å². The van der Waals surface area contributed by atoms with Crippen molar-refractivity contribution in [3.8, 4) is 0 Å². The standard InChI is InChI=1S/C12H17BrN2O/c1-7-2-12(10(13)5-11(7)14)15-6-8-3-9(16)4-8/h2,5,8-9,15-16H,3-4,6,14H2,1H3. The van der Waals surface area contributed by atoms with E-state index >= 15 is 0 Å². The van der Waals surface area contributed by atoms with Gasteiger partial charge in [-0.25, -0.2) is 0 Å². The second kappa shape index (κ2) is 4.63. The van der Waals surface area contributed by atoms with Crippen molar-refractivity contribution in [2.24, 2.45) is 5.92 Å². The Morgan fingerprint density at radius 2 is 2.19 bits per heavy atom. The quantitative estimate of drug-likeness (QED) is 0.748. The summed E-state index contributed by atoms with van der Waals surface area (Å²) in [6, 6.07) is 3.97. The molecule has 4 N–H and O–H groups in total. The first-order chi connectivity index (χ1) is 7.56. The van der Waals surface area contributed by atoms with Crippen molar-refractivity contribution in [1.82, 2.24) is 0 Å². The first kappa shape index (κ1) is 11.7. The third-order valence-electron chi connectivity index (χ3n) is 3.15. The number of benzene rings is 1. The van der Waals surface area contributed by atoms with Gasteiger partial charge in [-0.3, -0.25) is 0 Å². The minimum atomic E-state index is -0.0802. The molecule has 0 aliphatic heterocycles.